The van der Waals surface area contributed by atoms with Crippen molar-refractivity contribution in [1.82, 2.24) is 0 Å². The van der Waals surface area contributed by atoms with E-state index in [9.17, 15) is 18.0 Å². The molecule has 0 aliphatic heterocycles. The van der Waals surface area contributed by atoms with Crippen LogP contribution in [0.2, 0.25) is 5.02 Å². The summed E-state index contributed by atoms with van der Waals surface area (Å²) < 4.78 is 36.6. The number of alkyl halides is 3. The first-order chi connectivity index (χ1) is 6.75. The molecular weight excluding hydrogens is 237 g/mol. The Bertz CT molecular complexity index is 414. The van der Waals surface area contributed by atoms with Crippen LogP contribution in [0.5, 0.6) is 5.75 Å². The maximum absolute atomic E-state index is 12.2. The van der Waals surface area contributed by atoms with Gasteiger partial charge in [-0.2, -0.15) is 13.2 Å². The summed E-state index contributed by atoms with van der Waals surface area (Å²) in [7, 11) is 0. The molecule has 0 heterocycles. The molecule has 1 rings (SSSR count). The predicted octanol–water partition coefficient (Wildman–Crippen LogP) is 2.76. The molecule has 0 radical (unpaired) electrons. The number of carboxylic acids is 1. The van der Waals surface area contributed by atoms with E-state index in [0.29, 0.717) is 12.1 Å². The van der Waals surface area contributed by atoms with Crippen molar-refractivity contribution in [2.75, 3.05) is 0 Å². The molecule has 0 aliphatic rings. The highest BCUT2D eigenvalue weighted by Gasteiger charge is 2.35. The Balaban J connectivity index is 3.41. The average Bonchev–Trinajstić information content (AvgIpc) is 2.06. The van der Waals surface area contributed by atoms with Crippen LogP contribution in [0.15, 0.2) is 12.1 Å². The van der Waals surface area contributed by atoms with Crippen LogP contribution in [0.1, 0.15) is 15.9 Å². The average molecular weight is 241 g/mol. The fourth-order valence-corrected chi connectivity index (χ4v) is 1.20. The van der Waals surface area contributed by atoms with Crippen LogP contribution in [0, 0.1) is 0 Å². The second-order valence-corrected chi connectivity index (χ2v) is 3.00. The van der Waals surface area contributed by atoms with Crippen molar-refractivity contribution in [1.29, 1.82) is 0 Å². The zero-order valence-corrected chi connectivity index (χ0v) is 7.73. The molecule has 82 valence electrons. The van der Waals surface area contributed by atoms with Gasteiger partial charge >= 0.3 is 12.1 Å². The summed E-state index contributed by atoms with van der Waals surface area (Å²) in [6, 6.07) is 1.15. The van der Waals surface area contributed by atoms with E-state index in [4.69, 9.17) is 21.8 Å². The number of benzene rings is 1. The number of aromatic hydroxyl groups is 1. The number of halogens is 4. The van der Waals surface area contributed by atoms with Crippen LogP contribution >= 0.6 is 11.6 Å². The number of rotatable bonds is 1. The summed E-state index contributed by atoms with van der Waals surface area (Å²) in [6.45, 7) is 0. The van der Waals surface area contributed by atoms with Crippen LogP contribution in [-0.4, -0.2) is 16.2 Å². The van der Waals surface area contributed by atoms with Crippen LogP contribution in [-0.2, 0) is 6.18 Å². The van der Waals surface area contributed by atoms with Gasteiger partial charge in [-0.1, -0.05) is 11.6 Å². The van der Waals surface area contributed by atoms with Gasteiger partial charge in [-0.25, -0.2) is 4.79 Å². The first kappa shape index (κ1) is 11.6. The maximum atomic E-state index is 12.2. The molecule has 0 saturated carbocycles. The van der Waals surface area contributed by atoms with Crippen molar-refractivity contribution < 1.29 is 28.2 Å². The molecule has 0 saturated heterocycles. The van der Waals surface area contributed by atoms with Gasteiger partial charge in [0.25, 0.3) is 0 Å². The monoisotopic (exact) mass is 240 g/mol. The Kier molecular flexibility index (Phi) is 2.81. The summed E-state index contributed by atoms with van der Waals surface area (Å²) >= 11 is 5.27. The first-order valence-electron chi connectivity index (χ1n) is 3.57. The lowest BCUT2D eigenvalue weighted by atomic mass is 10.1. The van der Waals surface area contributed by atoms with Gasteiger partial charge in [-0.15, -0.1) is 0 Å². The van der Waals surface area contributed by atoms with Gasteiger partial charge in [0.15, 0.2) is 0 Å². The molecule has 7 heteroatoms. The maximum Gasteiger partial charge on any atom is 0.420 e. The van der Waals surface area contributed by atoms with Gasteiger partial charge in [0, 0.05) is 0 Å². The summed E-state index contributed by atoms with van der Waals surface area (Å²) in [5.74, 6) is -2.78. The molecule has 1 aromatic carbocycles. The first-order valence-corrected chi connectivity index (χ1v) is 3.95. The number of aromatic carboxylic acids is 1. The van der Waals surface area contributed by atoms with Crippen molar-refractivity contribution in [3.63, 3.8) is 0 Å². The Morgan fingerprint density at radius 1 is 1.33 bits per heavy atom. The van der Waals surface area contributed by atoms with Crippen LogP contribution in [0.25, 0.3) is 0 Å². The zero-order valence-electron chi connectivity index (χ0n) is 6.97. The van der Waals surface area contributed by atoms with Crippen molar-refractivity contribution in [2.24, 2.45) is 0 Å². The van der Waals surface area contributed by atoms with Crippen molar-refractivity contribution in [3.05, 3.63) is 28.3 Å². The van der Waals surface area contributed by atoms with E-state index >= 15 is 0 Å². The molecule has 1 aromatic rings. The number of carbonyl (C=O) groups is 1. The van der Waals surface area contributed by atoms with Gasteiger partial charge in [0.2, 0.25) is 0 Å². The molecule has 0 amide bonds. The standard InChI is InChI=1S/C8H4ClF3O3/c9-5-3(7(14)15)1-2-4(6(5)13)8(10,11)12/h1-2,13H,(H,14,15). The minimum Gasteiger partial charge on any atom is -0.506 e. The van der Waals surface area contributed by atoms with E-state index < -0.39 is 34.0 Å². The van der Waals surface area contributed by atoms with Crippen molar-refractivity contribution in [2.45, 2.75) is 6.18 Å². The third-order valence-corrected chi connectivity index (χ3v) is 2.03. The van der Waals surface area contributed by atoms with Crippen LogP contribution in [0.4, 0.5) is 13.2 Å². The predicted molar refractivity (Wildman–Crippen MR) is 45.1 cm³/mol. The molecule has 0 aliphatic carbocycles. The number of carboxylic acid groups (broad SMARTS) is 1. The number of phenolic OH excluding ortho intramolecular Hbond substituents is 1. The van der Waals surface area contributed by atoms with E-state index in [-0.39, 0.29) is 0 Å². The summed E-state index contributed by atoms with van der Waals surface area (Å²) in [4.78, 5) is 10.5. The van der Waals surface area contributed by atoms with Crippen molar-refractivity contribution in [3.8, 4) is 5.75 Å². The molecule has 0 aromatic heterocycles. The Hall–Kier alpha value is -1.43. The smallest absolute Gasteiger partial charge is 0.420 e. The number of hydrogen-bond acceptors (Lipinski definition) is 2. The highest BCUT2D eigenvalue weighted by Crippen LogP contribution is 2.40. The van der Waals surface area contributed by atoms with Crippen LogP contribution < -0.4 is 0 Å². The SMILES string of the molecule is O=C(O)c1ccc(C(F)(F)F)c(O)c1Cl. The van der Waals surface area contributed by atoms with E-state index in [1.165, 1.54) is 0 Å². The van der Waals surface area contributed by atoms with Gasteiger partial charge < -0.3 is 10.2 Å². The molecule has 0 atom stereocenters. The second-order valence-electron chi connectivity index (χ2n) is 2.63. The summed E-state index contributed by atoms with van der Waals surface area (Å²) in [5, 5.41) is 16.7. The lowest BCUT2D eigenvalue weighted by molar-refractivity contribution is -0.138. The molecular formula is C8H4ClF3O3. The van der Waals surface area contributed by atoms with E-state index in [1.807, 2.05) is 0 Å². The Labute approximate surface area is 86.7 Å². The van der Waals surface area contributed by atoms with Gasteiger partial charge in [0.05, 0.1) is 16.1 Å². The lowest BCUT2D eigenvalue weighted by Gasteiger charge is -2.10. The largest absolute Gasteiger partial charge is 0.506 e. The second kappa shape index (κ2) is 3.62. The van der Waals surface area contributed by atoms with E-state index in [0.717, 1.165) is 0 Å². The van der Waals surface area contributed by atoms with Crippen LogP contribution in [0.3, 0.4) is 0 Å². The fourth-order valence-electron chi connectivity index (χ4n) is 0.958. The minimum absolute atomic E-state index is 0.463. The highest BCUT2D eigenvalue weighted by atomic mass is 35.5. The van der Waals surface area contributed by atoms with Crippen molar-refractivity contribution >= 4 is 17.6 Å². The van der Waals surface area contributed by atoms with E-state index in [2.05, 4.69) is 0 Å². The van der Waals surface area contributed by atoms with E-state index in [1.54, 1.807) is 0 Å². The third kappa shape index (κ3) is 2.15. The molecule has 0 spiro atoms. The summed E-state index contributed by atoms with van der Waals surface area (Å²) in [6.07, 6.45) is -4.77. The topological polar surface area (TPSA) is 57.5 Å². The Morgan fingerprint density at radius 2 is 1.87 bits per heavy atom. The molecule has 0 bridgehead atoms. The molecule has 15 heavy (non-hydrogen) atoms. The third-order valence-electron chi connectivity index (χ3n) is 1.65. The quantitative estimate of drug-likeness (QED) is 0.794. The van der Waals surface area contributed by atoms with Gasteiger partial charge in [-0.3, -0.25) is 0 Å². The lowest BCUT2D eigenvalue weighted by Crippen LogP contribution is -2.07. The zero-order chi connectivity index (χ0) is 11.8. The molecule has 0 fully saturated rings. The fraction of sp³-hybridized carbons (Fsp3) is 0.125. The molecule has 2 N–H and O–H groups in total. The number of phenols is 1. The Morgan fingerprint density at radius 3 is 2.27 bits per heavy atom. The van der Waals surface area contributed by atoms with Gasteiger partial charge in [0.1, 0.15) is 5.75 Å². The molecule has 0 unspecified atom stereocenters. The highest BCUT2D eigenvalue weighted by molar-refractivity contribution is 6.35. The minimum atomic E-state index is -4.77. The molecule has 3 nitrogen and oxygen atoms in total. The van der Waals surface area contributed by atoms with Gasteiger partial charge in [-0.05, 0) is 12.1 Å². The normalized spacial score (nSPS) is 11.5. The number of hydrogen-bond donors (Lipinski definition) is 2. The summed E-state index contributed by atoms with van der Waals surface area (Å²) in [5.41, 5.74) is -1.94.